The molecule has 0 aromatic carbocycles. The van der Waals surface area contributed by atoms with Crippen LogP contribution in [0.25, 0.3) is 0 Å². The molecule has 196 valence electrons. The van der Waals surface area contributed by atoms with Crippen molar-refractivity contribution in [2.24, 2.45) is 11.5 Å². The summed E-state index contributed by atoms with van der Waals surface area (Å²) in [6.07, 6.45) is 1.67. The van der Waals surface area contributed by atoms with Gasteiger partial charge in [0.05, 0.1) is 13.1 Å². The van der Waals surface area contributed by atoms with Crippen molar-refractivity contribution in [2.75, 3.05) is 26.2 Å². The molecule has 0 spiro atoms. The topological polar surface area (TPSA) is 271 Å². The number of carboxylic acids is 1. The van der Waals surface area contributed by atoms with Crippen LogP contribution in [0.4, 0.5) is 0 Å². The fourth-order valence-corrected chi connectivity index (χ4v) is 3.09. The molecular weight excluding hydrogens is 466 g/mol. The number of unbranched alkanes of at least 4 members (excludes halogenated alkanes) is 1. The Balaban J connectivity index is 3.11. The van der Waals surface area contributed by atoms with Crippen molar-refractivity contribution in [3.63, 3.8) is 0 Å². The Bertz CT molecular complexity index is 820. The van der Waals surface area contributed by atoms with E-state index in [0.29, 0.717) is 25.8 Å². The molecule has 1 aliphatic heterocycles. The van der Waals surface area contributed by atoms with Gasteiger partial charge in [0.1, 0.15) is 12.1 Å². The second-order valence-corrected chi connectivity index (χ2v) is 7.72. The van der Waals surface area contributed by atoms with Crippen molar-refractivity contribution < 1.29 is 33.9 Å². The SMILES string of the molecule is N=C(N)NCCC[C@H]1NC(=O)[C@@H](CCCCN)NC(=O)CNC(=O)[C@@H](C(=O)O)NC(=O)CNC1=O. The van der Waals surface area contributed by atoms with Gasteiger partial charge < -0.3 is 48.5 Å². The number of nitrogens with one attached hydrogen (secondary N) is 7. The minimum absolute atomic E-state index is 0.0979. The van der Waals surface area contributed by atoms with Crippen LogP contribution >= 0.6 is 0 Å². The van der Waals surface area contributed by atoms with E-state index in [0.717, 1.165) is 0 Å². The van der Waals surface area contributed by atoms with Crippen molar-refractivity contribution in [3.8, 4) is 0 Å². The van der Waals surface area contributed by atoms with Crippen LogP contribution in [-0.2, 0) is 28.8 Å². The third-order valence-corrected chi connectivity index (χ3v) is 4.88. The highest BCUT2D eigenvalue weighted by Crippen LogP contribution is 2.04. The zero-order valence-corrected chi connectivity index (χ0v) is 19.1. The number of nitrogens with two attached hydrogens (primary N) is 2. The summed E-state index contributed by atoms with van der Waals surface area (Å²) in [5, 5.41) is 30.3. The largest absolute Gasteiger partial charge is 0.479 e. The molecule has 3 atom stereocenters. The van der Waals surface area contributed by atoms with Crippen LogP contribution < -0.4 is 43.4 Å². The summed E-state index contributed by atoms with van der Waals surface area (Å²) >= 11 is 0. The molecule has 0 radical (unpaired) electrons. The van der Waals surface area contributed by atoms with E-state index in [1.807, 2.05) is 5.32 Å². The number of carboxylic acid groups (broad SMARTS) is 1. The standard InChI is InChI=1S/C19H33N9O7/c20-6-2-1-4-11-16(32)27-10(5-3-7-23-19(21)22)15(31)24-9-13(30)28-14(18(34)35)17(33)25-8-12(29)26-11/h10-11,14H,1-9,20H2,(H,24,31)(H,25,33)(H,26,29)(H,27,32)(H,28,30)(H,34,35)(H4,21,22,23)/t10-,11-,14+/m1/s1. The fourth-order valence-electron chi connectivity index (χ4n) is 3.09. The van der Waals surface area contributed by atoms with Gasteiger partial charge in [0.15, 0.2) is 5.96 Å². The van der Waals surface area contributed by atoms with Crippen LogP contribution in [0.3, 0.4) is 0 Å². The van der Waals surface area contributed by atoms with Crippen LogP contribution in [0, 0.1) is 5.41 Å². The van der Waals surface area contributed by atoms with Crippen LogP contribution in [0.1, 0.15) is 32.1 Å². The zero-order chi connectivity index (χ0) is 26.4. The fraction of sp³-hybridized carbons (Fsp3) is 0.632. The lowest BCUT2D eigenvalue weighted by Crippen LogP contribution is -2.55. The first-order valence-corrected chi connectivity index (χ1v) is 11.0. The van der Waals surface area contributed by atoms with Gasteiger partial charge in [0.2, 0.25) is 29.7 Å². The Morgan fingerprint density at radius 1 is 0.886 bits per heavy atom. The van der Waals surface area contributed by atoms with Gasteiger partial charge in [0.25, 0.3) is 5.91 Å². The Hall–Kier alpha value is -3.95. The molecule has 1 aliphatic rings. The van der Waals surface area contributed by atoms with Gasteiger partial charge in [-0.1, -0.05) is 0 Å². The first-order valence-electron chi connectivity index (χ1n) is 11.0. The summed E-state index contributed by atoms with van der Waals surface area (Å²) in [5.74, 6) is -6.23. The molecule has 16 heteroatoms. The van der Waals surface area contributed by atoms with E-state index in [1.54, 1.807) is 0 Å². The third-order valence-electron chi connectivity index (χ3n) is 4.88. The molecule has 1 rings (SSSR count). The number of carbonyl (C=O) groups excluding carboxylic acids is 5. The first-order chi connectivity index (χ1) is 16.5. The maximum Gasteiger partial charge on any atom is 0.336 e. The van der Waals surface area contributed by atoms with Gasteiger partial charge in [0, 0.05) is 6.54 Å². The molecule has 1 heterocycles. The molecule has 12 N–H and O–H groups in total. The summed E-state index contributed by atoms with van der Waals surface area (Å²) in [5.41, 5.74) is 10.7. The highest BCUT2D eigenvalue weighted by Gasteiger charge is 2.31. The van der Waals surface area contributed by atoms with E-state index in [1.165, 1.54) is 0 Å². The van der Waals surface area contributed by atoms with Crippen molar-refractivity contribution in [3.05, 3.63) is 0 Å². The van der Waals surface area contributed by atoms with Gasteiger partial charge in [-0.05, 0) is 38.6 Å². The zero-order valence-electron chi connectivity index (χ0n) is 19.1. The normalized spacial score (nSPS) is 22.3. The number of carbonyl (C=O) groups is 6. The molecule has 0 bridgehead atoms. The van der Waals surface area contributed by atoms with Crippen LogP contribution in [0.2, 0.25) is 0 Å². The van der Waals surface area contributed by atoms with E-state index in [2.05, 4.69) is 26.6 Å². The van der Waals surface area contributed by atoms with E-state index >= 15 is 0 Å². The third kappa shape index (κ3) is 11.1. The van der Waals surface area contributed by atoms with Crippen LogP contribution in [0.5, 0.6) is 0 Å². The molecule has 1 fully saturated rings. The highest BCUT2D eigenvalue weighted by molar-refractivity contribution is 6.05. The number of hydrogen-bond acceptors (Lipinski definition) is 8. The summed E-state index contributed by atoms with van der Waals surface area (Å²) in [7, 11) is 0. The number of guanidine groups is 1. The van der Waals surface area contributed by atoms with Crippen LogP contribution in [-0.4, -0.2) is 90.9 Å². The van der Waals surface area contributed by atoms with Gasteiger partial charge >= 0.3 is 5.97 Å². The molecular formula is C19H33N9O7. The van der Waals surface area contributed by atoms with E-state index in [4.69, 9.17) is 16.9 Å². The second-order valence-electron chi connectivity index (χ2n) is 7.72. The van der Waals surface area contributed by atoms with Gasteiger partial charge in [-0.3, -0.25) is 29.4 Å². The lowest BCUT2D eigenvalue weighted by atomic mass is 10.1. The monoisotopic (exact) mass is 499 g/mol. The lowest BCUT2D eigenvalue weighted by molar-refractivity contribution is -0.146. The molecule has 1 saturated heterocycles. The molecule has 35 heavy (non-hydrogen) atoms. The lowest BCUT2D eigenvalue weighted by Gasteiger charge is -2.23. The smallest absolute Gasteiger partial charge is 0.336 e. The summed E-state index contributed by atoms with van der Waals surface area (Å²) in [6, 6.07) is -4.17. The van der Waals surface area contributed by atoms with Crippen molar-refractivity contribution in [1.29, 1.82) is 5.41 Å². The molecule has 0 unspecified atom stereocenters. The minimum Gasteiger partial charge on any atom is -0.479 e. The van der Waals surface area contributed by atoms with E-state index < -0.39 is 66.7 Å². The number of aliphatic carboxylic acids is 1. The van der Waals surface area contributed by atoms with Gasteiger partial charge in [-0.2, -0.15) is 0 Å². The summed E-state index contributed by atoms with van der Waals surface area (Å²) in [4.78, 5) is 73.6. The minimum atomic E-state index is -1.99. The molecule has 16 nitrogen and oxygen atoms in total. The van der Waals surface area contributed by atoms with Gasteiger partial charge in [-0.25, -0.2) is 4.79 Å². The Morgan fingerprint density at radius 3 is 2.06 bits per heavy atom. The molecule has 0 aliphatic carbocycles. The highest BCUT2D eigenvalue weighted by atomic mass is 16.4. The Kier molecular flexibility index (Phi) is 12.5. The number of rotatable bonds is 9. The van der Waals surface area contributed by atoms with Crippen LogP contribution in [0.15, 0.2) is 0 Å². The summed E-state index contributed by atoms with van der Waals surface area (Å²) < 4.78 is 0. The van der Waals surface area contributed by atoms with E-state index in [9.17, 15) is 33.9 Å². The maximum atomic E-state index is 12.9. The predicted octanol–water partition coefficient (Wildman–Crippen LogP) is -4.84. The second kappa shape index (κ2) is 15.0. The first kappa shape index (κ1) is 29.1. The molecule has 0 aromatic rings. The van der Waals surface area contributed by atoms with Gasteiger partial charge in [-0.15, -0.1) is 0 Å². The molecule has 0 saturated carbocycles. The Morgan fingerprint density at radius 2 is 1.46 bits per heavy atom. The number of amides is 5. The van der Waals surface area contributed by atoms with Crippen molar-refractivity contribution in [2.45, 2.75) is 50.2 Å². The van der Waals surface area contributed by atoms with E-state index in [-0.39, 0.29) is 25.3 Å². The average Bonchev–Trinajstić information content (AvgIpc) is 2.79. The van der Waals surface area contributed by atoms with Crippen molar-refractivity contribution in [1.82, 2.24) is 31.9 Å². The Labute approximate surface area is 201 Å². The average molecular weight is 500 g/mol. The molecule has 5 amide bonds. The molecule has 0 aromatic heterocycles. The number of hydrogen-bond donors (Lipinski definition) is 10. The maximum absolute atomic E-state index is 12.9. The van der Waals surface area contributed by atoms with Crippen molar-refractivity contribution >= 4 is 41.5 Å². The predicted molar refractivity (Wildman–Crippen MR) is 122 cm³/mol. The quantitative estimate of drug-likeness (QED) is 0.0625. The summed E-state index contributed by atoms with van der Waals surface area (Å²) in [6.45, 7) is -0.702.